The Bertz CT molecular complexity index is 217. The molecule has 0 aliphatic heterocycles. The highest BCUT2D eigenvalue weighted by Gasteiger charge is 2.55. The molecule has 1 rings (SSSR count). The third-order valence-electron chi connectivity index (χ3n) is 1.73. The minimum Gasteiger partial charge on any atom is -0.383 e. The van der Waals surface area contributed by atoms with Crippen molar-refractivity contribution >= 4 is 10.2 Å². The van der Waals surface area contributed by atoms with Gasteiger partial charge in [-0.05, 0) is 12.8 Å². The van der Waals surface area contributed by atoms with E-state index in [4.69, 9.17) is 0 Å². The van der Waals surface area contributed by atoms with Gasteiger partial charge in [-0.25, -0.2) is 0 Å². The first-order chi connectivity index (χ1) is 4.52. The molecule has 3 nitrogen and oxygen atoms in total. The van der Waals surface area contributed by atoms with Crippen molar-refractivity contribution in [1.82, 2.24) is 0 Å². The molecule has 0 atom stereocenters. The summed E-state index contributed by atoms with van der Waals surface area (Å²) in [4.78, 5) is 0. The fourth-order valence-electron chi connectivity index (χ4n) is 0.861. The number of halogens is 1. The van der Waals surface area contributed by atoms with Gasteiger partial charge in [-0.3, -0.25) is 0 Å². The summed E-state index contributed by atoms with van der Waals surface area (Å²) in [5, 5.41) is 0. The van der Waals surface area contributed by atoms with E-state index in [2.05, 4.69) is 4.74 Å². The SMILES string of the molecule is COCC1(S(=O)(=O)F)CC1. The quantitative estimate of drug-likeness (QED) is 0.575. The molecule has 1 aliphatic rings. The lowest BCUT2D eigenvalue weighted by Gasteiger charge is -2.06. The van der Waals surface area contributed by atoms with E-state index in [9.17, 15) is 12.3 Å². The molecule has 0 spiro atoms. The van der Waals surface area contributed by atoms with Crippen molar-refractivity contribution < 1.29 is 17.0 Å². The van der Waals surface area contributed by atoms with Crippen LogP contribution in [0.4, 0.5) is 3.89 Å². The first-order valence-corrected chi connectivity index (χ1v) is 4.33. The smallest absolute Gasteiger partial charge is 0.310 e. The van der Waals surface area contributed by atoms with Gasteiger partial charge >= 0.3 is 10.2 Å². The summed E-state index contributed by atoms with van der Waals surface area (Å²) < 4.78 is 36.4. The third-order valence-corrected chi connectivity index (χ3v) is 3.29. The van der Waals surface area contributed by atoms with E-state index >= 15 is 0 Å². The van der Waals surface area contributed by atoms with Crippen LogP contribution in [0.15, 0.2) is 0 Å². The summed E-state index contributed by atoms with van der Waals surface area (Å²) in [5.74, 6) is 0. The van der Waals surface area contributed by atoms with Gasteiger partial charge in [-0.2, -0.15) is 8.42 Å². The summed E-state index contributed by atoms with van der Waals surface area (Å²) in [6.45, 7) is -0.0220. The highest BCUT2D eigenvalue weighted by atomic mass is 32.3. The Morgan fingerprint density at radius 3 is 2.20 bits per heavy atom. The molecule has 0 aromatic rings. The number of ether oxygens (including phenoxy) is 1. The predicted octanol–water partition coefficient (Wildman–Crippen LogP) is 0.465. The standard InChI is InChI=1S/C5H9FO3S/c1-9-4-5(2-3-5)10(6,7)8/h2-4H2,1H3. The molecular formula is C5H9FO3S. The second-order valence-corrected chi connectivity index (χ2v) is 4.30. The van der Waals surface area contributed by atoms with Crippen LogP contribution < -0.4 is 0 Å². The first kappa shape index (κ1) is 7.94. The number of hydrogen-bond acceptors (Lipinski definition) is 3. The van der Waals surface area contributed by atoms with Crippen molar-refractivity contribution in [3.63, 3.8) is 0 Å². The Morgan fingerprint density at radius 1 is 1.60 bits per heavy atom. The van der Waals surface area contributed by atoms with Crippen molar-refractivity contribution in [1.29, 1.82) is 0 Å². The molecule has 0 radical (unpaired) electrons. The van der Waals surface area contributed by atoms with Crippen LogP contribution in [-0.4, -0.2) is 26.9 Å². The zero-order valence-electron chi connectivity index (χ0n) is 5.63. The summed E-state index contributed by atoms with van der Waals surface area (Å²) >= 11 is 0. The molecule has 10 heavy (non-hydrogen) atoms. The number of rotatable bonds is 3. The largest absolute Gasteiger partial charge is 0.383 e. The monoisotopic (exact) mass is 168 g/mol. The van der Waals surface area contributed by atoms with Gasteiger partial charge in [0.2, 0.25) is 0 Å². The Hall–Kier alpha value is -0.160. The molecule has 1 fully saturated rings. The van der Waals surface area contributed by atoms with Gasteiger partial charge in [-0.15, -0.1) is 3.89 Å². The topological polar surface area (TPSA) is 43.4 Å². The van der Waals surface area contributed by atoms with Crippen LogP contribution in [0, 0.1) is 0 Å². The maximum atomic E-state index is 12.3. The van der Waals surface area contributed by atoms with Gasteiger partial charge in [0.1, 0.15) is 4.75 Å². The van der Waals surface area contributed by atoms with Crippen LogP contribution >= 0.6 is 0 Å². The second-order valence-electron chi connectivity index (χ2n) is 2.55. The van der Waals surface area contributed by atoms with Crippen molar-refractivity contribution in [2.45, 2.75) is 17.6 Å². The fourth-order valence-corrected chi connectivity index (χ4v) is 1.71. The van der Waals surface area contributed by atoms with E-state index < -0.39 is 15.0 Å². The van der Waals surface area contributed by atoms with Crippen molar-refractivity contribution in [2.75, 3.05) is 13.7 Å². The number of methoxy groups -OCH3 is 1. The normalized spacial score (nSPS) is 22.6. The van der Waals surface area contributed by atoms with Crippen molar-refractivity contribution in [3.8, 4) is 0 Å². The average molecular weight is 168 g/mol. The highest BCUT2D eigenvalue weighted by molar-refractivity contribution is 7.88. The molecular weight excluding hydrogens is 159 g/mol. The lowest BCUT2D eigenvalue weighted by molar-refractivity contribution is 0.190. The molecule has 1 saturated carbocycles. The first-order valence-electron chi connectivity index (χ1n) is 2.95. The summed E-state index contributed by atoms with van der Waals surface area (Å²) in [5.41, 5.74) is 0. The molecule has 0 aromatic carbocycles. The van der Waals surface area contributed by atoms with E-state index in [-0.39, 0.29) is 6.61 Å². The molecule has 60 valence electrons. The zero-order chi connectivity index (χ0) is 7.83. The van der Waals surface area contributed by atoms with Gasteiger partial charge in [0.05, 0.1) is 6.61 Å². The van der Waals surface area contributed by atoms with Crippen LogP contribution in [0.2, 0.25) is 0 Å². The van der Waals surface area contributed by atoms with E-state index in [1.165, 1.54) is 7.11 Å². The zero-order valence-corrected chi connectivity index (χ0v) is 6.45. The van der Waals surface area contributed by atoms with Crippen LogP contribution in [0.1, 0.15) is 12.8 Å². The Kier molecular flexibility index (Phi) is 1.72. The highest BCUT2D eigenvalue weighted by Crippen LogP contribution is 2.44. The van der Waals surface area contributed by atoms with Crippen molar-refractivity contribution in [2.24, 2.45) is 0 Å². The molecule has 0 amide bonds. The summed E-state index contributed by atoms with van der Waals surface area (Å²) in [6.07, 6.45) is 0.777. The van der Waals surface area contributed by atoms with Crippen LogP contribution in [0.5, 0.6) is 0 Å². The second kappa shape index (κ2) is 2.17. The Labute approximate surface area is 59.4 Å². The Balaban J connectivity index is 2.71. The van der Waals surface area contributed by atoms with Crippen molar-refractivity contribution in [3.05, 3.63) is 0 Å². The lowest BCUT2D eigenvalue weighted by atomic mass is 10.4. The molecule has 0 aromatic heterocycles. The lowest BCUT2D eigenvalue weighted by Crippen LogP contribution is -2.24. The van der Waals surface area contributed by atoms with Gasteiger partial charge in [0.25, 0.3) is 0 Å². The third kappa shape index (κ3) is 1.15. The van der Waals surface area contributed by atoms with Gasteiger partial charge in [-0.1, -0.05) is 0 Å². The van der Waals surface area contributed by atoms with E-state index in [1.54, 1.807) is 0 Å². The molecule has 0 bridgehead atoms. The molecule has 5 heteroatoms. The fraction of sp³-hybridized carbons (Fsp3) is 1.00. The predicted molar refractivity (Wildman–Crippen MR) is 33.9 cm³/mol. The average Bonchev–Trinajstić information content (AvgIpc) is 2.45. The molecule has 0 heterocycles. The molecule has 0 saturated heterocycles. The summed E-state index contributed by atoms with van der Waals surface area (Å²) in [7, 11) is -3.01. The summed E-state index contributed by atoms with van der Waals surface area (Å²) in [6, 6.07) is 0. The van der Waals surface area contributed by atoms with E-state index in [0.29, 0.717) is 12.8 Å². The van der Waals surface area contributed by atoms with Gasteiger partial charge < -0.3 is 4.74 Å². The number of hydrogen-bond donors (Lipinski definition) is 0. The van der Waals surface area contributed by atoms with Gasteiger partial charge in [0, 0.05) is 7.11 Å². The van der Waals surface area contributed by atoms with E-state index in [0.717, 1.165) is 0 Å². The minimum atomic E-state index is -4.38. The molecule has 0 N–H and O–H groups in total. The van der Waals surface area contributed by atoms with Crippen LogP contribution in [0.3, 0.4) is 0 Å². The Morgan fingerprint density at radius 2 is 2.10 bits per heavy atom. The maximum absolute atomic E-state index is 12.3. The van der Waals surface area contributed by atoms with Crippen LogP contribution in [-0.2, 0) is 15.0 Å². The maximum Gasteiger partial charge on any atom is 0.310 e. The molecule has 0 unspecified atom stereocenters. The van der Waals surface area contributed by atoms with Gasteiger partial charge in [0.15, 0.2) is 0 Å². The van der Waals surface area contributed by atoms with Crippen LogP contribution in [0.25, 0.3) is 0 Å². The minimum absolute atomic E-state index is 0.0220. The van der Waals surface area contributed by atoms with E-state index in [1.807, 2.05) is 0 Å². The molecule has 1 aliphatic carbocycles.